The molecule has 0 aliphatic rings. The van der Waals surface area contributed by atoms with E-state index < -0.39 is 0 Å². The van der Waals surface area contributed by atoms with Crippen molar-refractivity contribution in [1.29, 1.82) is 0 Å². The van der Waals surface area contributed by atoms with Crippen molar-refractivity contribution in [3.05, 3.63) is 145 Å². The Kier molecular flexibility index (Phi) is 55.9. The van der Waals surface area contributed by atoms with Crippen LogP contribution in [0.25, 0.3) is 0 Å². The molecule has 500 valence electrons. The van der Waals surface area contributed by atoms with Crippen LogP contribution >= 0.6 is 0 Å². The Labute approximate surface area is 548 Å². The number of hydrogen-bond donors (Lipinski definition) is 0. The smallest absolute Gasteiger partial charge is 0.00783 e. The Morgan fingerprint density at radius 1 is 0.356 bits per heavy atom. The van der Waals surface area contributed by atoms with Crippen LogP contribution in [0.2, 0.25) is 0 Å². The van der Waals surface area contributed by atoms with Gasteiger partial charge in [-0.05, 0) is 189 Å². The van der Waals surface area contributed by atoms with Gasteiger partial charge in [0, 0.05) is 10.8 Å². The van der Waals surface area contributed by atoms with Crippen molar-refractivity contribution in [1.82, 2.24) is 0 Å². The van der Waals surface area contributed by atoms with Crippen LogP contribution in [0.1, 0.15) is 373 Å². The molecule has 0 heterocycles. The molecular formula is C87H152. The van der Waals surface area contributed by atoms with Crippen LogP contribution in [0.5, 0.6) is 0 Å². The van der Waals surface area contributed by atoms with Gasteiger partial charge in [0.15, 0.2) is 0 Å². The first kappa shape index (κ1) is 83.9. The van der Waals surface area contributed by atoms with E-state index >= 15 is 0 Å². The van der Waals surface area contributed by atoms with Crippen LogP contribution in [-0.4, -0.2) is 0 Å². The van der Waals surface area contributed by atoms with E-state index in [-0.39, 0.29) is 27.6 Å². The molecule has 0 saturated carbocycles. The molecule has 0 nitrogen and oxygen atoms in total. The SMILES string of the molecule is CC=CC(C)(C)C(/C(CC=CCCCCC)=C(\C=C\CCCCCCC)CCC=CCCCC)C(C=CCCCCCC)(CCC=CCCC)C(C=CCCCCC)(CC=CCCCC)C(CC=CCCC)(CCC=CCC)C(C=CCCCC)CC. The summed E-state index contributed by atoms with van der Waals surface area (Å²) in [6, 6.07) is 0. The number of rotatable bonds is 60. The van der Waals surface area contributed by atoms with Crippen molar-refractivity contribution in [2.24, 2.45) is 33.5 Å². The third-order valence-corrected chi connectivity index (χ3v) is 19.3. The second-order valence-electron chi connectivity index (χ2n) is 27.1. The first-order valence-electron chi connectivity index (χ1n) is 38.5. The van der Waals surface area contributed by atoms with Gasteiger partial charge in [0.2, 0.25) is 0 Å². The van der Waals surface area contributed by atoms with Gasteiger partial charge in [-0.25, -0.2) is 0 Å². The maximum Gasteiger partial charge on any atom is 0.00783 e. The van der Waals surface area contributed by atoms with E-state index in [1.807, 2.05) is 0 Å². The summed E-state index contributed by atoms with van der Waals surface area (Å²) in [4.78, 5) is 0. The molecule has 0 fully saturated rings. The fourth-order valence-electron chi connectivity index (χ4n) is 14.5. The third kappa shape index (κ3) is 34.8. The maximum absolute atomic E-state index is 3.05. The molecule has 0 aromatic rings. The Bertz CT molecular complexity index is 1920. The van der Waals surface area contributed by atoms with Crippen molar-refractivity contribution in [3.8, 4) is 0 Å². The monoisotopic (exact) mass is 1200 g/mol. The van der Waals surface area contributed by atoms with Crippen molar-refractivity contribution < 1.29 is 0 Å². The normalized spacial score (nSPS) is 16.4. The van der Waals surface area contributed by atoms with E-state index in [1.165, 1.54) is 154 Å². The van der Waals surface area contributed by atoms with E-state index in [9.17, 15) is 0 Å². The summed E-state index contributed by atoms with van der Waals surface area (Å²) >= 11 is 0. The Morgan fingerprint density at radius 3 is 1.40 bits per heavy atom. The van der Waals surface area contributed by atoms with Crippen LogP contribution in [0.4, 0.5) is 0 Å². The summed E-state index contributed by atoms with van der Waals surface area (Å²) in [6.45, 7) is 34.0. The van der Waals surface area contributed by atoms with Crippen LogP contribution < -0.4 is 0 Å². The summed E-state index contributed by atoms with van der Waals surface area (Å²) in [5, 5.41) is 0. The van der Waals surface area contributed by atoms with Crippen LogP contribution in [0.3, 0.4) is 0 Å². The minimum Gasteiger partial charge on any atom is -0.0911 e. The summed E-state index contributed by atoms with van der Waals surface area (Å²) in [5.74, 6) is 0.544. The predicted molar refractivity (Wildman–Crippen MR) is 402 cm³/mol. The molecule has 0 spiro atoms. The highest BCUT2D eigenvalue weighted by Crippen LogP contribution is 2.71. The molecule has 0 saturated heterocycles. The van der Waals surface area contributed by atoms with E-state index in [1.54, 1.807) is 11.1 Å². The van der Waals surface area contributed by atoms with Gasteiger partial charge in [-0.15, -0.1) is 0 Å². The van der Waals surface area contributed by atoms with Crippen molar-refractivity contribution in [2.45, 2.75) is 373 Å². The van der Waals surface area contributed by atoms with Crippen LogP contribution in [0, 0.1) is 33.5 Å². The lowest BCUT2D eigenvalue weighted by Crippen LogP contribution is -2.60. The lowest BCUT2D eigenvalue weighted by molar-refractivity contribution is -0.0985. The van der Waals surface area contributed by atoms with Gasteiger partial charge in [-0.1, -0.05) is 351 Å². The highest BCUT2D eigenvalue weighted by Gasteiger charge is 2.65. The fraction of sp³-hybridized carbons (Fsp3) is 0.724. The van der Waals surface area contributed by atoms with Gasteiger partial charge in [0.05, 0.1) is 0 Å². The fourth-order valence-corrected chi connectivity index (χ4v) is 14.5. The molecule has 0 radical (unpaired) electrons. The first-order valence-corrected chi connectivity index (χ1v) is 38.5. The van der Waals surface area contributed by atoms with Gasteiger partial charge >= 0.3 is 0 Å². The van der Waals surface area contributed by atoms with E-state index in [2.05, 4.69) is 231 Å². The predicted octanol–water partition coefficient (Wildman–Crippen LogP) is 30.6. The summed E-state index contributed by atoms with van der Waals surface area (Å²) in [5.41, 5.74) is 2.34. The molecular weight excluding hydrogens is 1040 g/mol. The summed E-state index contributed by atoms with van der Waals surface area (Å²) < 4.78 is 0. The molecule has 0 rings (SSSR count). The molecule has 5 unspecified atom stereocenters. The van der Waals surface area contributed by atoms with E-state index in [4.69, 9.17) is 0 Å². The minimum atomic E-state index is -0.326. The number of unbranched alkanes of at least 4 members (excludes halogenated alkanes) is 23. The lowest BCUT2D eigenvalue weighted by Gasteiger charge is -2.66. The van der Waals surface area contributed by atoms with Crippen molar-refractivity contribution >= 4 is 0 Å². The number of allylic oxidation sites excluding steroid dienone is 24. The molecule has 0 aliphatic heterocycles. The van der Waals surface area contributed by atoms with Gasteiger partial charge in [0.1, 0.15) is 0 Å². The van der Waals surface area contributed by atoms with Crippen LogP contribution in [0.15, 0.2) is 145 Å². The second-order valence-corrected chi connectivity index (χ2v) is 27.1. The molecule has 0 aromatic carbocycles. The molecule has 0 bridgehead atoms. The zero-order valence-electron chi connectivity index (χ0n) is 61.3. The van der Waals surface area contributed by atoms with E-state index in [0.29, 0.717) is 5.92 Å². The minimum absolute atomic E-state index is 0.148. The molecule has 5 atom stereocenters. The average Bonchev–Trinajstić information content (AvgIpc) is 0.704. The standard InChI is InChI=1S/C87H152/c1-15-27-37-47-51-53-60-70-80(69-59-52-48-38-28-16-2)82(72-62-54-49-39-29-17-3)83(84(13,14)73-25-11)86(76-65-55-41-31-19-5,77-66-58-50-40-30-18-4)87(78-67-56-42-32-20-6,79-68-57-43-33-21-7)85(74-63-45-35-23-9,75-64-46-36-24-10)81(26-12)71-61-44-34-22-8/h25,35,41,45-46,48,52,54-56,60-62,64,66-68,70-71,73,77,79,81,83H,15-24,26-34,36-40,42-44,47,49-51,53,57-59,63,65,69,72,74-76,78H2,1-14H3/b45-35?,52-48?,55-41?,62-54?,64-46?,67-56?,70-60+,71-61?,73-25?,77-66?,79-68?,82-80-. The van der Waals surface area contributed by atoms with Crippen LogP contribution in [-0.2, 0) is 0 Å². The quantitative estimate of drug-likeness (QED) is 0.0323. The highest BCUT2D eigenvalue weighted by atomic mass is 14.7. The van der Waals surface area contributed by atoms with Gasteiger partial charge in [-0.3, -0.25) is 0 Å². The largest absolute Gasteiger partial charge is 0.0911 e. The Morgan fingerprint density at radius 2 is 0.805 bits per heavy atom. The molecule has 0 amide bonds. The third-order valence-electron chi connectivity index (χ3n) is 19.3. The molecule has 87 heavy (non-hydrogen) atoms. The molecule has 0 N–H and O–H groups in total. The zero-order chi connectivity index (χ0) is 64.3. The van der Waals surface area contributed by atoms with Gasteiger partial charge < -0.3 is 0 Å². The molecule has 0 heteroatoms. The topological polar surface area (TPSA) is 0 Å². The number of hydrogen-bond acceptors (Lipinski definition) is 0. The van der Waals surface area contributed by atoms with Gasteiger partial charge in [-0.2, -0.15) is 0 Å². The van der Waals surface area contributed by atoms with Crippen molar-refractivity contribution in [2.75, 3.05) is 0 Å². The van der Waals surface area contributed by atoms with E-state index in [0.717, 1.165) is 122 Å². The average molecular weight is 1200 g/mol. The first-order chi connectivity index (χ1) is 42.5. The zero-order valence-corrected chi connectivity index (χ0v) is 61.3. The highest BCUT2D eigenvalue weighted by molar-refractivity contribution is 5.40. The molecule has 0 aromatic heterocycles. The molecule has 0 aliphatic carbocycles. The summed E-state index contributed by atoms with van der Waals surface area (Å²) in [7, 11) is 0. The maximum atomic E-state index is 3.05. The Hall–Kier alpha value is -3.12. The van der Waals surface area contributed by atoms with Gasteiger partial charge in [0.25, 0.3) is 0 Å². The second kappa shape index (κ2) is 58.0. The lowest BCUT2D eigenvalue weighted by atomic mass is 9.37. The Balaban J connectivity index is 11.2. The summed E-state index contributed by atoms with van der Waals surface area (Å²) in [6.07, 6.45) is 111. The van der Waals surface area contributed by atoms with Crippen molar-refractivity contribution in [3.63, 3.8) is 0 Å².